The largest absolute Gasteiger partial charge is 0.377 e. The van der Waals surface area contributed by atoms with Gasteiger partial charge >= 0.3 is 0 Å². The molecule has 0 saturated heterocycles. The zero-order valence-electron chi connectivity index (χ0n) is 12.2. The number of anilines is 2. The lowest BCUT2D eigenvalue weighted by molar-refractivity contribution is -0.115. The number of thiophene rings is 1. The average Bonchev–Trinajstić information content (AvgIpc) is 2.91. The second-order valence-electron chi connectivity index (χ2n) is 5.45. The number of aryl methyl sites for hydroxylation is 2. The van der Waals surface area contributed by atoms with Crippen LogP contribution in [0.25, 0.3) is 0 Å². The highest BCUT2D eigenvalue weighted by Crippen LogP contribution is 2.35. The van der Waals surface area contributed by atoms with Gasteiger partial charge in [0.1, 0.15) is 0 Å². The van der Waals surface area contributed by atoms with Crippen LogP contribution in [0.2, 0.25) is 5.02 Å². The molecule has 21 heavy (non-hydrogen) atoms. The lowest BCUT2D eigenvalue weighted by atomic mass is 10.1. The summed E-state index contributed by atoms with van der Waals surface area (Å²) in [5.41, 5.74) is 3.99. The molecular weight excluding hydrogens is 304 g/mol. The maximum atomic E-state index is 11.4. The molecule has 0 saturated carbocycles. The highest BCUT2D eigenvalue weighted by Gasteiger charge is 2.20. The normalized spacial score (nSPS) is 14.8. The Morgan fingerprint density at radius 3 is 2.76 bits per heavy atom. The first kappa shape index (κ1) is 14.4. The van der Waals surface area contributed by atoms with Crippen molar-refractivity contribution in [2.45, 2.75) is 33.2 Å². The number of carbonyl (C=O) groups is 1. The van der Waals surface area contributed by atoms with Crippen molar-refractivity contribution in [3.63, 3.8) is 0 Å². The number of halogens is 1. The molecule has 1 aromatic heterocycles. The summed E-state index contributed by atoms with van der Waals surface area (Å²) < 4.78 is 0. The predicted molar refractivity (Wildman–Crippen MR) is 89.6 cm³/mol. The van der Waals surface area contributed by atoms with Gasteiger partial charge < -0.3 is 10.6 Å². The second-order valence-corrected chi connectivity index (χ2v) is 7.32. The number of rotatable bonds is 3. The standard InChI is InChI=1S/C16H17ClN2OS/c1-8-4-12(10(3)21-8)9(2)18-15-5-11-6-16(20)19-14(11)7-13(15)17/h4-5,7,9,18H,6H2,1-3H3,(H,19,20). The molecule has 0 spiro atoms. The summed E-state index contributed by atoms with van der Waals surface area (Å²) in [5.74, 6) is 0.0237. The summed E-state index contributed by atoms with van der Waals surface area (Å²) in [6.45, 7) is 6.38. The van der Waals surface area contributed by atoms with Crippen molar-refractivity contribution in [2.75, 3.05) is 10.6 Å². The average molecular weight is 321 g/mol. The molecule has 1 aromatic carbocycles. The fraction of sp³-hybridized carbons (Fsp3) is 0.312. The molecule has 1 unspecified atom stereocenters. The summed E-state index contributed by atoms with van der Waals surface area (Å²) in [4.78, 5) is 14.1. The van der Waals surface area contributed by atoms with Gasteiger partial charge in [0.2, 0.25) is 5.91 Å². The van der Waals surface area contributed by atoms with Crippen molar-refractivity contribution in [1.29, 1.82) is 0 Å². The summed E-state index contributed by atoms with van der Waals surface area (Å²) in [6, 6.07) is 6.18. The van der Waals surface area contributed by atoms with E-state index in [1.807, 2.05) is 12.1 Å². The molecule has 1 amide bonds. The number of nitrogens with one attached hydrogen (secondary N) is 2. The molecule has 3 rings (SSSR count). The van der Waals surface area contributed by atoms with Crippen molar-refractivity contribution in [2.24, 2.45) is 0 Å². The van der Waals surface area contributed by atoms with E-state index in [-0.39, 0.29) is 11.9 Å². The van der Waals surface area contributed by atoms with Gasteiger partial charge in [-0.1, -0.05) is 11.6 Å². The highest BCUT2D eigenvalue weighted by molar-refractivity contribution is 7.12. The van der Waals surface area contributed by atoms with Crippen LogP contribution in [0.15, 0.2) is 18.2 Å². The third kappa shape index (κ3) is 2.78. The van der Waals surface area contributed by atoms with E-state index < -0.39 is 0 Å². The summed E-state index contributed by atoms with van der Waals surface area (Å²) >= 11 is 8.13. The Balaban J connectivity index is 1.87. The van der Waals surface area contributed by atoms with E-state index >= 15 is 0 Å². The molecule has 0 aliphatic carbocycles. The Hall–Kier alpha value is -1.52. The van der Waals surface area contributed by atoms with Crippen LogP contribution in [0.4, 0.5) is 11.4 Å². The Labute approximate surface area is 133 Å². The molecule has 110 valence electrons. The van der Waals surface area contributed by atoms with Crippen LogP contribution in [0, 0.1) is 13.8 Å². The predicted octanol–water partition coefficient (Wildman–Crippen LogP) is 4.69. The molecular formula is C16H17ClN2OS. The first-order valence-electron chi connectivity index (χ1n) is 6.90. The quantitative estimate of drug-likeness (QED) is 0.861. The van der Waals surface area contributed by atoms with Crippen LogP contribution < -0.4 is 10.6 Å². The number of carbonyl (C=O) groups excluding carboxylic acids is 1. The zero-order chi connectivity index (χ0) is 15.1. The molecule has 2 aromatic rings. The van der Waals surface area contributed by atoms with E-state index in [0.717, 1.165) is 16.9 Å². The molecule has 1 atom stereocenters. The molecule has 0 radical (unpaired) electrons. The van der Waals surface area contributed by atoms with E-state index in [9.17, 15) is 4.79 Å². The molecule has 5 heteroatoms. The van der Waals surface area contributed by atoms with Gasteiger partial charge in [-0.2, -0.15) is 0 Å². The van der Waals surface area contributed by atoms with Crippen molar-refractivity contribution in [3.05, 3.63) is 44.1 Å². The molecule has 1 aliphatic heterocycles. The van der Waals surface area contributed by atoms with E-state index in [1.54, 1.807) is 11.3 Å². The van der Waals surface area contributed by atoms with Gasteiger partial charge in [-0.05, 0) is 50.1 Å². The van der Waals surface area contributed by atoms with Crippen LogP contribution in [-0.2, 0) is 11.2 Å². The Morgan fingerprint density at radius 1 is 1.33 bits per heavy atom. The van der Waals surface area contributed by atoms with Crippen molar-refractivity contribution < 1.29 is 4.79 Å². The van der Waals surface area contributed by atoms with Gasteiger partial charge in [0.05, 0.1) is 17.1 Å². The van der Waals surface area contributed by atoms with Crippen molar-refractivity contribution in [1.82, 2.24) is 0 Å². The van der Waals surface area contributed by atoms with Crippen LogP contribution in [0.5, 0.6) is 0 Å². The number of fused-ring (bicyclic) bond motifs is 1. The number of benzene rings is 1. The Bertz CT molecular complexity index is 723. The minimum atomic E-state index is 0.0237. The fourth-order valence-electron chi connectivity index (χ4n) is 2.75. The lowest BCUT2D eigenvalue weighted by Gasteiger charge is -2.17. The summed E-state index contributed by atoms with van der Waals surface area (Å²) in [5, 5.41) is 6.91. The molecule has 1 aliphatic rings. The van der Waals surface area contributed by atoms with Crippen LogP contribution in [-0.4, -0.2) is 5.91 Å². The second kappa shape index (κ2) is 5.35. The maximum Gasteiger partial charge on any atom is 0.228 e. The first-order valence-corrected chi connectivity index (χ1v) is 8.09. The number of amides is 1. The van der Waals surface area contributed by atoms with Gasteiger partial charge in [-0.15, -0.1) is 11.3 Å². The lowest BCUT2D eigenvalue weighted by Crippen LogP contribution is -2.07. The van der Waals surface area contributed by atoms with Gasteiger partial charge in [0.25, 0.3) is 0 Å². The van der Waals surface area contributed by atoms with E-state index in [4.69, 9.17) is 11.6 Å². The first-order chi connectivity index (χ1) is 9.94. The number of hydrogen-bond acceptors (Lipinski definition) is 3. The Kier molecular flexibility index (Phi) is 3.68. The summed E-state index contributed by atoms with van der Waals surface area (Å²) in [7, 11) is 0. The molecule has 3 nitrogen and oxygen atoms in total. The van der Waals surface area contributed by atoms with Crippen LogP contribution in [0.1, 0.15) is 33.8 Å². The molecule has 2 heterocycles. The SMILES string of the molecule is Cc1cc(C(C)Nc2cc3c(cc2Cl)NC(=O)C3)c(C)s1. The van der Waals surface area contributed by atoms with Crippen LogP contribution in [0.3, 0.4) is 0 Å². The van der Waals surface area contributed by atoms with Gasteiger partial charge in [0.15, 0.2) is 0 Å². The highest BCUT2D eigenvalue weighted by atomic mass is 35.5. The van der Waals surface area contributed by atoms with E-state index in [2.05, 4.69) is 37.5 Å². The third-order valence-corrected chi connectivity index (χ3v) is 5.03. The third-order valence-electron chi connectivity index (χ3n) is 3.74. The topological polar surface area (TPSA) is 41.1 Å². The van der Waals surface area contributed by atoms with Gasteiger partial charge in [-0.3, -0.25) is 4.79 Å². The minimum Gasteiger partial charge on any atom is -0.377 e. The van der Waals surface area contributed by atoms with Gasteiger partial charge in [0, 0.05) is 21.5 Å². The van der Waals surface area contributed by atoms with Crippen LogP contribution >= 0.6 is 22.9 Å². The van der Waals surface area contributed by atoms with Gasteiger partial charge in [-0.25, -0.2) is 0 Å². The summed E-state index contributed by atoms with van der Waals surface area (Å²) in [6.07, 6.45) is 0.423. The molecule has 2 N–H and O–H groups in total. The Morgan fingerprint density at radius 2 is 2.10 bits per heavy atom. The minimum absolute atomic E-state index is 0.0237. The smallest absolute Gasteiger partial charge is 0.228 e. The monoisotopic (exact) mass is 320 g/mol. The van der Waals surface area contributed by atoms with Crippen molar-refractivity contribution >= 4 is 40.2 Å². The zero-order valence-corrected chi connectivity index (χ0v) is 13.8. The number of hydrogen-bond donors (Lipinski definition) is 2. The molecule has 0 fully saturated rings. The fourth-order valence-corrected chi connectivity index (χ4v) is 3.99. The maximum absolute atomic E-state index is 11.4. The van der Waals surface area contributed by atoms with E-state index in [0.29, 0.717) is 11.4 Å². The van der Waals surface area contributed by atoms with Crippen molar-refractivity contribution in [3.8, 4) is 0 Å². The molecule has 0 bridgehead atoms. The van der Waals surface area contributed by atoms with E-state index in [1.165, 1.54) is 15.3 Å².